The number of carbonyl (C=O) groups excluding carboxylic acids is 1. The minimum absolute atomic E-state index is 0.446. The molecule has 15 heavy (non-hydrogen) atoms. The molecule has 0 saturated heterocycles. The van der Waals surface area contributed by atoms with Gasteiger partial charge in [0.2, 0.25) is 0 Å². The molecule has 0 radical (unpaired) electrons. The highest BCUT2D eigenvalue weighted by Gasteiger charge is 2.01. The van der Waals surface area contributed by atoms with E-state index in [0.717, 1.165) is 22.9 Å². The van der Waals surface area contributed by atoms with Gasteiger partial charge in [-0.1, -0.05) is 28.1 Å². The molecule has 1 N–H and O–H groups in total. The minimum Gasteiger partial charge on any atom is -0.296 e. The molecule has 4 heteroatoms. The van der Waals surface area contributed by atoms with Gasteiger partial charge in [-0.15, -0.1) is 0 Å². The van der Waals surface area contributed by atoms with Crippen LogP contribution in [0.1, 0.15) is 21.7 Å². The molecule has 0 aliphatic carbocycles. The molecule has 1 heterocycles. The molecule has 3 nitrogen and oxygen atoms in total. The quantitative estimate of drug-likeness (QED) is 0.867. The highest BCUT2D eigenvalue weighted by molar-refractivity contribution is 9.10. The van der Waals surface area contributed by atoms with Gasteiger partial charge in [-0.2, -0.15) is 5.10 Å². The Morgan fingerprint density at radius 1 is 1.33 bits per heavy atom. The fourth-order valence-corrected chi connectivity index (χ4v) is 1.62. The third kappa shape index (κ3) is 2.53. The van der Waals surface area contributed by atoms with E-state index in [1.165, 1.54) is 5.56 Å². The summed E-state index contributed by atoms with van der Waals surface area (Å²) in [6.45, 7) is 0. The van der Waals surface area contributed by atoms with Crippen LogP contribution in [-0.4, -0.2) is 16.5 Å². The van der Waals surface area contributed by atoms with Crippen molar-refractivity contribution in [2.24, 2.45) is 0 Å². The maximum absolute atomic E-state index is 10.4. The van der Waals surface area contributed by atoms with Gasteiger partial charge >= 0.3 is 0 Å². The maximum atomic E-state index is 10.4. The number of halogens is 1. The van der Waals surface area contributed by atoms with Crippen molar-refractivity contribution < 1.29 is 4.79 Å². The molecule has 0 aliphatic rings. The molecular formula is C11H9BrN2O. The summed E-state index contributed by atoms with van der Waals surface area (Å²) < 4.78 is 1.06. The second-order valence-corrected chi connectivity index (χ2v) is 4.15. The monoisotopic (exact) mass is 264 g/mol. The number of aldehydes is 1. The SMILES string of the molecule is O=Cc1cc(Cc2ccc(Br)cc2)[nH]n1. The molecule has 2 aromatic rings. The lowest BCUT2D eigenvalue weighted by Gasteiger charge is -1.98. The first-order valence-electron chi connectivity index (χ1n) is 4.52. The Labute approximate surface area is 95.6 Å². The average Bonchev–Trinajstić information content (AvgIpc) is 2.69. The number of rotatable bonds is 3. The largest absolute Gasteiger partial charge is 0.296 e. The minimum atomic E-state index is 0.446. The maximum Gasteiger partial charge on any atom is 0.170 e. The Morgan fingerprint density at radius 2 is 2.07 bits per heavy atom. The van der Waals surface area contributed by atoms with Gasteiger partial charge in [0.1, 0.15) is 5.69 Å². The topological polar surface area (TPSA) is 45.8 Å². The Kier molecular flexibility index (Phi) is 2.97. The highest BCUT2D eigenvalue weighted by Crippen LogP contribution is 2.13. The van der Waals surface area contributed by atoms with Gasteiger partial charge in [-0.3, -0.25) is 9.89 Å². The lowest BCUT2D eigenvalue weighted by Crippen LogP contribution is -1.87. The lowest BCUT2D eigenvalue weighted by molar-refractivity contribution is 0.111. The zero-order valence-corrected chi connectivity index (χ0v) is 9.49. The number of hydrogen-bond acceptors (Lipinski definition) is 2. The molecule has 0 amide bonds. The fourth-order valence-electron chi connectivity index (χ4n) is 1.35. The zero-order chi connectivity index (χ0) is 10.7. The molecule has 0 atom stereocenters. The van der Waals surface area contributed by atoms with Crippen LogP contribution in [0.25, 0.3) is 0 Å². The van der Waals surface area contributed by atoms with E-state index in [0.29, 0.717) is 5.69 Å². The number of hydrogen-bond donors (Lipinski definition) is 1. The number of aromatic nitrogens is 2. The van der Waals surface area contributed by atoms with Crippen LogP contribution in [0.2, 0.25) is 0 Å². The summed E-state index contributed by atoms with van der Waals surface area (Å²) in [5.41, 5.74) is 2.57. The molecule has 0 bridgehead atoms. The standard InChI is InChI=1S/C11H9BrN2O/c12-9-3-1-8(2-4-9)5-10-6-11(7-15)14-13-10/h1-4,6-7H,5H2,(H,13,14). The van der Waals surface area contributed by atoms with Crippen LogP contribution in [0.3, 0.4) is 0 Å². The van der Waals surface area contributed by atoms with E-state index in [2.05, 4.69) is 26.1 Å². The summed E-state index contributed by atoms with van der Waals surface area (Å²) in [4.78, 5) is 10.4. The number of nitrogens with one attached hydrogen (secondary N) is 1. The zero-order valence-electron chi connectivity index (χ0n) is 7.90. The molecule has 2 rings (SSSR count). The van der Waals surface area contributed by atoms with E-state index in [1.54, 1.807) is 6.07 Å². The van der Waals surface area contributed by atoms with Crippen molar-refractivity contribution >= 4 is 22.2 Å². The molecule has 0 saturated carbocycles. The van der Waals surface area contributed by atoms with Crippen LogP contribution in [0.4, 0.5) is 0 Å². The van der Waals surface area contributed by atoms with Crippen molar-refractivity contribution in [2.45, 2.75) is 6.42 Å². The van der Waals surface area contributed by atoms with Crippen molar-refractivity contribution in [2.75, 3.05) is 0 Å². The second-order valence-electron chi connectivity index (χ2n) is 3.24. The van der Waals surface area contributed by atoms with Crippen LogP contribution >= 0.6 is 15.9 Å². The number of nitrogens with zero attached hydrogens (tertiary/aromatic N) is 1. The molecule has 0 unspecified atom stereocenters. The average molecular weight is 265 g/mol. The first kappa shape index (κ1) is 10.1. The normalized spacial score (nSPS) is 10.2. The van der Waals surface area contributed by atoms with Gasteiger partial charge in [-0.05, 0) is 23.8 Å². The van der Waals surface area contributed by atoms with E-state index in [-0.39, 0.29) is 0 Å². The van der Waals surface area contributed by atoms with Crippen LogP contribution in [0.5, 0.6) is 0 Å². The summed E-state index contributed by atoms with van der Waals surface area (Å²) in [5, 5.41) is 6.67. The van der Waals surface area contributed by atoms with Crippen LogP contribution in [0.15, 0.2) is 34.8 Å². The summed E-state index contributed by atoms with van der Waals surface area (Å²) in [5.74, 6) is 0. The molecule has 1 aromatic carbocycles. The van der Waals surface area contributed by atoms with Gasteiger partial charge in [-0.25, -0.2) is 0 Å². The third-order valence-electron chi connectivity index (χ3n) is 2.08. The predicted molar refractivity (Wildman–Crippen MR) is 60.9 cm³/mol. The number of benzene rings is 1. The summed E-state index contributed by atoms with van der Waals surface area (Å²) in [6.07, 6.45) is 1.50. The second kappa shape index (κ2) is 4.40. The highest BCUT2D eigenvalue weighted by atomic mass is 79.9. The number of H-pyrrole nitrogens is 1. The van der Waals surface area contributed by atoms with Gasteiger partial charge in [0.05, 0.1) is 0 Å². The summed E-state index contributed by atoms with van der Waals surface area (Å²) >= 11 is 3.38. The van der Waals surface area contributed by atoms with E-state index < -0.39 is 0 Å². The Hall–Kier alpha value is -1.42. The van der Waals surface area contributed by atoms with Gasteiger partial charge < -0.3 is 0 Å². The Bertz CT molecular complexity index is 462. The first-order valence-corrected chi connectivity index (χ1v) is 5.31. The summed E-state index contributed by atoms with van der Waals surface area (Å²) in [6, 6.07) is 9.81. The molecule has 1 aromatic heterocycles. The molecule has 76 valence electrons. The molecule has 0 fully saturated rings. The first-order chi connectivity index (χ1) is 7.28. The van der Waals surface area contributed by atoms with Crippen molar-refractivity contribution in [3.05, 3.63) is 51.8 Å². The van der Waals surface area contributed by atoms with E-state index >= 15 is 0 Å². The van der Waals surface area contributed by atoms with E-state index in [1.807, 2.05) is 24.3 Å². The van der Waals surface area contributed by atoms with Crippen LogP contribution < -0.4 is 0 Å². The van der Waals surface area contributed by atoms with Crippen LogP contribution in [-0.2, 0) is 6.42 Å². The van der Waals surface area contributed by atoms with Crippen molar-refractivity contribution in [1.82, 2.24) is 10.2 Å². The van der Waals surface area contributed by atoms with Gasteiger partial charge in [0.25, 0.3) is 0 Å². The van der Waals surface area contributed by atoms with Crippen LogP contribution in [0, 0.1) is 0 Å². The Morgan fingerprint density at radius 3 is 2.67 bits per heavy atom. The Balaban J connectivity index is 2.14. The van der Waals surface area contributed by atoms with E-state index in [9.17, 15) is 4.79 Å². The smallest absolute Gasteiger partial charge is 0.170 e. The van der Waals surface area contributed by atoms with Gasteiger partial charge in [0, 0.05) is 16.6 Å². The lowest BCUT2D eigenvalue weighted by atomic mass is 10.1. The fraction of sp³-hybridized carbons (Fsp3) is 0.0909. The molecular weight excluding hydrogens is 256 g/mol. The third-order valence-corrected chi connectivity index (χ3v) is 2.61. The molecule has 0 aliphatic heterocycles. The van der Waals surface area contributed by atoms with E-state index in [4.69, 9.17) is 0 Å². The van der Waals surface area contributed by atoms with Gasteiger partial charge in [0.15, 0.2) is 6.29 Å². The van der Waals surface area contributed by atoms with Crippen molar-refractivity contribution in [3.8, 4) is 0 Å². The molecule has 0 spiro atoms. The van der Waals surface area contributed by atoms with Crippen molar-refractivity contribution in [3.63, 3.8) is 0 Å². The predicted octanol–water partition coefficient (Wildman–Crippen LogP) is 2.58. The van der Waals surface area contributed by atoms with Crippen molar-refractivity contribution in [1.29, 1.82) is 0 Å². The number of aromatic amines is 1. The number of carbonyl (C=O) groups is 1. The summed E-state index contributed by atoms with van der Waals surface area (Å²) in [7, 11) is 0.